The second-order valence-electron chi connectivity index (χ2n) is 6.87. The summed E-state index contributed by atoms with van der Waals surface area (Å²) in [5.74, 6) is 1.64. The number of nitrogens with zero attached hydrogens (tertiary/aromatic N) is 6. The van der Waals surface area contributed by atoms with Crippen molar-refractivity contribution in [1.82, 2.24) is 24.8 Å². The molecule has 0 saturated carbocycles. The number of aromatic nitrogens is 4. The lowest BCUT2D eigenvalue weighted by atomic mass is 10.1. The maximum absolute atomic E-state index is 4.79. The third kappa shape index (κ3) is 3.53. The Kier molecular flexibility index (Phi) is 4.76. The lowest BCUT2D eigenvalue weighted by molar-refractivity contribution is 0.397. The van der Waals surface area contributed by atoms with Crippen LogP contribution in [-0.4, -0.2) is 45.5 Å². The predicted octanol–water partition coefficient (Wildman–Crippen LogP) is 2.59. The van der Waals surface area contributed by atoms with Crippen molar-refractivity contribution < 1.29 is 0 Å². The molecule has 24 heavy (non-hydrogen) atoms. The average Bonchev–Trinajstić information content (AvgIpc) is 2.97. The smallest absolute Gasteiger partial charge is 0.226 e. The molecule has 0 radical (unpaired) electrons. The van der Waals surface area contributed by atoms with Gasteiger partial charge in [-0.05, 0) is 53.8 Å². The quantitative estimate of drug-likeness (QED) is 0.861. The topological polar surface area (TPSA) is 58.0 Å². The summed E-state index contributed by atoms with van der Waals surface area (Å²) in [7, 11) is 4.15. The van der Waals surface area contributed by atoms with Crippen molar-refractivity contribution in [2.75, 3.05) is 25.5 Å². The van der Waals surface area contributed by atoms with Crippen molar-refractivity contribution in [3.8, 4) is 0 Å². The van der Waals surface area contributed by atoms with Gasteiger partial charge in [0.15, 0.2) is 0 Å². The van der Waals surface area contributed by atoms with Gasteiger partial charge < -0.3 is 9.80 Å². The standard InChI is InChI=1S/C18H26N6/c1-12-9-13(2)21-18(20-12)24-8-6-7-16(24)17-15(11-23(4)5)10-19-14(3)22-17/h9-10,16H,6-8,11H2,1-5H3/t16-/m0/s1. The fourth-order valence-corrected chi connectivity index (χ4v) is 3.39. The highest BCUT2D eigenvalue weighted by molar-refractivity contribution is 5.39. The van der Waals surface area contributed by atoms with E-state index >= 15 is 0 Å². The van der Waals surface area contributed by atoms with Gasteiger partial charge in [-0.25, -0.2) is 19.9 Å². The van der Waals surface area contributed by atoms with E-state index in [-0.39, 0.29) is 6.04 Å². The van der Waals surface area contributed by atoms with Gasteiger partial charge in [-0.2, -0.15) is 0 Å². The summed E-state index contributed by atoms with van der Waals surface area (Å²) in [6.45, 7) is 7.81. The van der Waals surface area contributed by atoms with Crippen LogP contribution in [0.1, 0.15) is 47.4 Å². The Balaban J connectivity index is 2.00. The molecule has 128 valence electrons. The fourth-order valence-electron chi connectivity index (χ4n) is 3.39. The van der Waals surface area contributed by atoms with Gasteiger partial charge in [0.2, 0.25) is 5.95 Å². The minimum Gasteiger partial charge on any atom is -0.332 e. The monoisotopic (exact) mass is 326 g/mol. The Morgan fingerprint density at radius 2 is 1.83 bits per heavy atom. The van der Waals surface area contributed by atoms with Crippen molar-refractivity contribution >= 4 is 5.95 Å². The molecule has 2 aromatic heterocycles. The molecule has 0 aliphatic carbocycles. The molecule has 3 rings (SSSR count). The first kappa shape index (κ1) is 16.8. The third-order valence-electron chi connectivity index (χ3n) is 4.30. The van der Waals surface area contributed by atoms with Gasteiger partial charge >= 0.3 is 0 Å². The molecule has 0 bridgehead atoms. The highest BCUT2D eigenvalue weighted by Crippen LogP contribution is 2.35. The van der Waals surface area contributed by atoms with E-state index in [9.17, 15) is 0 Å². The molecule has 0 N–H and O–H groups in total. The number of rotatable bonds is 4. The molecule has 3 heterocycles. The molecule has 0 spiro atoms. The van der Waals surface area contributed by atoms with Gasteiger partial charge in [0.1, 0.15) is 5.82 Å². The van der Waals surface area contributed by atoms with Gasteiger partial charge in [0, 0.05) is 36.2 Å². The van der Waals surface area contributed by atoms with Gasteiger partial charge in [-0.3, -0.25) is 0 Å². The lowest BCUT2D eigenvalue weighted by Gasteiger charge is -2.27. The van der Waals surface area contributed by atoms with Crippen LogP contribution in [0.2, 0.25) is 0 Å². The molecular weight excluding hydrogens is 300 g/mol. The fraction of sp³-hybridized carbons (Fsp3) is 0.556. The molecule has 0 aromatic carbocycles. The van der Waals surface area contributed by atoms with Crippen LogP contribution >= 0.6 is 0 Å². The zero-order valence-corrected chi connectivity index (χ0v) is 15.2. The van der Waals surface area contributed by atoms with E-state index in [1.54, 1.807) is 0 Å². The van der Waals surface area contributed by atoms with Gasteiger partial charge in [-0.15, -0.1) is 0 Å². The highest BCUT2D eigenvalue weighted by atomic mass is 15.3. The maximum atomic E-state index is 4.79. The summed E-state index contributed by atoms with van der Waals surface area (Å²) < 4.78 is 0. The average molecular weight is 326 g/mol. The molecule has 6 nitrogen and oxygen atoms in total. The molecular formula is C18H26N6. The number of aryl methyl sites for hydroxylation is 3. The first-order valence-electron chi connectivity index (χ1n) is 8.50. The van der Waals surface area contributed by atoms with Crippen LogP contribution in [0.25, 0.3) is 0 Å². The molecule has 6 heteroatoms. The lowest BCUT2D eigenvalue weighted by Crippen LogP contribution is -2.28. The van der Waals surface area contributed by atoms with Crippen LogP contribution in [0.5, 0.6) is 0 Å². The summed E-state index contributed by atoms with van der Waals surface area (Å²) >= 11 is 0. The van der Waals surface area contributed by atoms with Gasteiger partial charge in [0.05, 0.1) is 11.7 Å². The zero-order valence-electron chi connectivity index (χ0n) is 15.2. The van der Waals surface area contributed by atoms with Crippen LogP contribution < -0.4 is 4.90 Å². The van der Waals surface area contributed by atoms with Gasteiger partial charge in [0.25, 0.3) is 0 Å². The zero-order chi connectivity index (χ0) is 17.3. The minimum absolute atomic E-state index is 0.225. The summed E-state index contributed by atoms with van der Waals surface area (Å²) in [6, 6.07) is 2.24. The Hall–Kier alpha value is -2.08. The number of hydrogen-bond donors (Lipinski definition) is 0. The summed E-state index contributed by atoms with van der Waals surface area (Å²) in [5, 5.41) is 0. The van der Waals surface area contributed by atoms with E-state index in [1.807, 2.05) is 33.0 Å². The highest BCUT2D eigenvalue weighted by Gasteiger charge is 2.31. The summed E-state index contributed by atoms with van der Waals surface area (Å²) in [5.41, 5.74) is 4.33. The number of anilines is 1. The summed E-state index contributed by atoms with van der Waals surface area (Å²) in [6.07, 6.45) is 4.18. The Morgan fingerprint density at radius 3 is 2.50 bits per heavy atom. The number of hydrogen-bond acceptors (Lipinski definition) is 6. The van der Waals surface area contributed by atoms with Crippen LogP contribution in [-0.2, 0) is 6.54 Å². The normalized spacial score (nSPS) is 17.8. The van der Waals surface area contributed by atoms with E-state index in [4.69, 9.17) is 4.98 Å². The van der Waals surface area contributed by atoms with Crippen LogP contribution in [0.15, 0.2) is 12.3 Å². The van der Waals surface area contributed by atoms with E-state index in [1.165, 1.54) is 5.56 Å². The first-order valence-corrected chi connectivity index (χ1v) is 8.50. The largest absolute Gasteiger partial charge is 0.332 e. The molecule has 0 unspecified atom stereocenters. The Labute approximate surface area is 144 Å². The molecule has 1 atom stereocenters. The van der Waals surface area contributed by atoms with Crippen molar-refractivity contribution in [2.24, 2.45) is 0 Å². The van der Waals surface area contributed by atoms with Crippen molar-refractivity contribution in [3.05, 3.63) is 40.7 Å². The van der Waals surface area contributed by atoms with Crippen molar-refractivity contribution in [3.63, 3.8) is 0 Å². The van der Waals surface area contributed by atoms with Crippen molar-refractivity contribution in [1.29, 1.82) is 0 Å². The van der Waals surface area contributed by atoms with Crippen LogP contribution in [0.4, 0.5) is 5.95 Å². The van der Waals surface area contributed by atoms with Crippen molar-refractivity contribution in [2.45, 2.75) is 46.2 Å². The first-order chi connectivity index (χ1) is 11.4. The predicted molar refractivity (Wildman–Crippen MR) is 95.0 cm³/mol. The van der Waals surface area contributed by atoms with Crippen LogP contribution in [0, 0.1) is 20.8 Å². The second kappa shape index (κ2) is 6.81. The van der Waals surface area contributed by atoms with E-state index < -0.39 is 0 Å². The summed E-state index contributed by atoms with van der Waals surface area (Å²) in [4.78, 5) is 23.0. The third-order valence-corrected chi connectivity index (χ3v) is 4.30. The molecule has 1 saturated heterocycles. The maximum Gasteiger partial charge on any atom is 0.226 e. The Bertz CT molecular complexity index is 707. The molecule has 0 amide bonds. The van der Waals surface area contributed by atoms with E-state index in [0.717, 1.165) is 54.8 Å². The van der Waals surface area contributed by atoms with Crippen LogP contribution in [0.3, 0.4) is 0 Å². The van der Waals surface area contributed by atoms with Gasteiger partial charge in [-0.1, -0.05) is 0 Å². The SMILES string of the molecule is Cc1cc(C)nc(N2CCC[C@H]2c2nc(C)ncc2CN(C)C)n1. The molecule has 1 fully saturated rings. The minimum atomic E-state index is 0.225. The van der Waals surface area contributed by atoms with E-state index in [2.05, 4.69) is 38.8 Å². The Morgan fingerprint density at radius 1 is 1.12 bits per heavy atom. The second-order valence-corrected chi connectivity index (χ2v) is 6.87. The molecule has 2 aromatic rings. The van der Waals surface area contributed by atoms with E-state index in [0.29, 0.717) is 0 Å². The molecule has 1 aliphatic rings. The molecule has 1 aliphatic heterocycles.